The van der Waals surface area contributed by atoms with E-state index >= 15 is 0 Å². The summed E-state index contributed by atoms with van der Waals surface area (Å²) < 4.78 is 13.5. The first-order valence-corrected chi connectivity index (χ1v) is 8.14. The number of nitrogens with zero attached hydrogens (tertiary/aromatic N) is 1. The van der Waals surface area contributed by atoms with Crippen LogP contribution in [-0.4, -0.2) is 24.2 Å². The lowest BCUT2D eigenvalue weighted by atomic mass is 10.3. The van der Waals surface area contributed by atoms with Gasteiger partial charge in [0.05, 0.1) is 5.69 Å². The number of thioether (sulfide) groups is 1. The van der Waals surface area contributed by atoms with Gasteiger partial charge in [0.25, 0.3) is 0 Å². The third-order valence-electron chi connectivity index (χ3n) is 2.80. The molecule has 1 N–H and O–H groups in total. The van der Waals surface area contributed by atoms with Gasteiger partial charge in [0.15, 0.2) is 0 Å². The molecule has 0 saturated heterocycles. The van der Waals surface area contributed by atoms with Crippen LogP contribution in [0.25, 0.3) is 0 Å². The Labute approximate surface area is 125 Å². The molecule has 0 aliphatic heterocycles. The number of nitrogens with one attached hydrogen (secondary N) is 1. The number of carbonyl (C=O) groups is 1. The molecular weight excluding hydrogens is 295 g/mol. The summed E-state index contributed by atoms with van der Waals surface area (Å²) in [4.78, 5) is 14.9. The zero-order valence-corrected chi connectivity index (χ0v) is 12.8. The molecule has 6 heteroatoms. The molecular formula is C14H15FN2OS2. The van der Waals surface area contributed by atoms with Crippen molar-refractivity contribution in [1.82, 2.24) is 4.90 Å². The average Bonchev–Trinajstić information content (AvgIpc) is 2.96. The Morgan fingerprint density at radius 3 is 2.70 bits per heavy atom. The van der Waals surface area contributed by atoms with E-state index in [2.05, 4.69) is 5.32 Å². The Morgan fingerprint density at radius 2 is 2.10 bits per heavy atom. The van der Waals surface area contributed by atoms with E-state index in [0.29, 0.717) is 0 Å². The highest BCUT2D eigenvalue weighted by Crippen LogP contribution is 2.33. The highest BCUT2D eigenvalue weighted by Gasteiger charge is 2.22. The fraction of sp³-hybridized carbons (Fsp3) is 0.214. The number of halogens is 1. The lowest BCUT2D eigenvalue weighted by molar-refractivity contribution is 0.219. The van der Waals surface area contributed by atoms with Crippen LogP contribution in [-0.2, 0) is 0 Å². The minimum atomic E-state index is -0.439. The molecule has 106 valence electrons. The third-order valence-corrected chi connectivity index (χ3v) is 4.89. The smallest absolute Gasteiger partial charge is 0.311 e. The van der Waals surface area contributed by atoms with Crippen LogP contribution < -0.4 is 5.32 Å². The average molecular weight is 310 g/mol. The van der Waals surface area contributed by atoms with Crippen LogP contribution in [0.3, 0.4) is 0 Å². The second kappa shape index (κ2) is 6.76. The molecule has 0 aliphatic carbocycles. The van der Waals surface area contributed by atoms with Gasteiger partial charge in [0.2, 0.25) is 0 Å². The summed E-state index contributed by atoms with van der Waals surface area (Å²) in [6.07, 6.45) is 1.94. The molecule has 0 bridgehead atoms. The summed E-state index contributed by atoms with van der Waals surface area (Å²) in [6.45, 7) is 0. The molecule has 2 rings (SSSR count). The van der Waals surface area contributed by atoms with Crippen LogP contribution in [0.1, 0.15) is 10.3 Å². The molecule has 0 radical (unpaired) electrons. The molecule has 1 unspecified atom stereocenters. The number of para-hydroxylation sites is 1. The van der Waals surface area contributed by atoms with Crippen molar-refractivity contribution in [2.45, 2.75) is 5.37 Å². The van der Waals surface area contributed by atoms with Crippen molar-refractivity contribution >= 4 is 34.8 Å². The van der Waals surface area contributed by atoms with Crippen LogP contribution in [0.5, 0.6) is 0 Å². The maximum atomic E-state index is 13.5. The number of thiophene rings is 1. The molecule has 0 spiro atoms. The van der Waals surface area contributed by atoms with Gasteiger partial charge in [-0.25, -0.2) is 9.18 Å². The maximum absolute atomic E-state index is 13.5. The van der Waals surface area contributed by atoms with Crippen molar-refractivity contribution in [2.75, 3.05) is 18.6 Å². The molecule has 20 heavy (non-hydrogen) atoms. The molecule has 0 saturated carbocycles. The normalized spacial score (nSPS) is 11.9. The topological polar surface area (TPSA) is 32.3 Å². The monoisotopic (exact) mass is 310 g/mol. The Balaban J connectivity index is 2.10. The van der Waals surface area contributed by atoms with Crippen molar-refractivity contribution in [3.8, 4) is 0 Å². The van der Waals surface area contributed by atoms with Crippen LogP contribution in [0.4, 0.5) is 14.9 Å². The van der Waals surface area contributed by atoms with Crippen molar-refractivity contribution in [3.63, 3.8) is 0 Å². The van der Waals surface area contributed by atoms with E-state index in [1.807, 2.05) is 23.8 Å². The number of benzene rings is 1. The number of anilines is 1. The molecule has 2 aromatic rings. The Bertz CT molecular complexity index is 574. The van der Waals surface area contributed by atoms with E-state index in [-0.39, 0.29) is 17.1 Å². The van der Waals surface area contributed by atoms with E-state index in [0.717, 1.165) is 4.88 Å². The number of carbonyl (C=O) groups excluding carboxylic acids is 1. The SMILES string of the molecule is CSC(c1cccs1)N(C)C(=O)Nc1ccccc1F. The quantitative estimate of drug-likeness (QED) is 0.848. The summed E-state index contributed by atoms with van der Waals surface area (Å²) in [5.41, 5.74) is 0.190. The molecule has 0 aliphatic rings. The van der Waals surface area contributed by atoms with E-state index in [4.69, 9.17) is 0 Å². The highest BCUT2D eigenvalue weighted by molar-refractivity contribution is 7.98. The van der Waals surface area contributed by atoms with E-state index in [1.165, 1.54) is 6.07 Å². The van der Waals surface area contributed by atoms with Crippen LogP contribution >= 0.6 is 23.1 Å². The van der Waals surface area contributed by atoms with Gasteiger partial charge in [-0.05, 0) is 29.8 Å². The predicted molar refractivity (Wildman–Crippen MR) is 83.8 cm³/mol. The number of urea groups is 1. The molecule has 3 nitrogen and oxygen atoms in total. The van der Waals surface area contributed by atoms with Crippen molar-refractivity contribution in [2.24, 2.45) is 0 Å². The number of rotatable bonds is 4. The Hall–Kier alpha value is -1.53. The summed E-state index contributed by atoms with van der Waals surface area (Å²) in [7, 11) is 1.71. The van der Waals surface area contributed by atoms with Crippen molar-refractivity contribution in [3.05, 3.63) is 52.5 Å². The number of hydrogen-bond acceptors (Lipinski definition) is 3. The zero-order valence-electron chi connectivity index (χ0n) is 11.2. The second-order valence-electron chi connectivity index (χ2n) is 4.12. The van der Waals surface area contributed by atoms with Gasteiger partial charge >= 0.3 is 6.03 Å². The summed E-state index contributed by atoms with van der Waals surface area (Å²) in [5.74, 6) is -0.439. The van der Waals surface area contributed by atoms with Crippen molar-refractivity contribution in [1.29, 1.82) is 0 Å². The first kappa shape index (κ1) is 14.9. The van der Waals surface area contributed by atoms with Gasteiger partial charge in [0, 0.05) is 11.9 Å². The number of amides is 2. The second-order valence-corrected chi connectivity index (χ2v) is 6.02. The zero-order chi connectivity index (χ0) is 14.5. The van der Waals surface area contributed by atoms with Crippen LogP contribution in [0.2, 0.25) is 0 Å². The van der Waals surface area contributed by atoms with Crippen LogP contribution in [0.15, 0.2) is 41.8 Å². The molecule has 0 fully saturated rings. The van der Waals surface area contributed by atoms with Crippen LogP contribution in [0, 0.1) is 5.82 Å². The molecule has 2 amide bonds. The fourth-order valence-electron chi connectivity index (χ4n) is 1.77. The highest BCUT2D eigenvalue weighted by atomic mass is 32.2. The van der Waals surface area contributed by atoms with Gasteiger partial charge in [-0.3, -0.25) is 0 Å². The minimum absolute atomic E-state index is 0.0817. The van der Waals surface area contributed by atoms with Gasteiger partial charge in [-0.1, -0.05) is 18.2 Å². The number of hydrogen-bond donors (Lipinski definition) is 1. The fourth-order valence-corrected chi connectivity index (χ4v) is 3.69. The van der Waals surface area contributed by atoms with Crippen molar-refractivity contribution < 1.29 is 9.18 Å². The lowest BCUT2D eigenvalue weighted by Crippen LogP contribution is -2.33. The summed E-state index contributed by atoms with van der Waals surface area (Å²) in [6, 6.07) is 9.74. The van der Waals surface area contributed by atoms with Gasteiger partial charge in [-0.15, -0.1) is 23.1 Å². The summed E-state index contributed by atoms with van der Waals surface area (Å²) in [5, 5.41) is 4.48. The Morgan fingerprint density at radius 1 is 1.35 bits per heavy atom. The minimum Gasteiger partial charge on any atom is -0.311 e. The first-order chi connectivity index (χ1) is 9.63. The molecule has 1 heterocycles. The molecule has 1 aromatic heterocycles. The van der Waals surface area contributed by atoms with Gasteiger partial charge in [-0.2, -0.15) is 0 Å². The molecule has 1 aromatic carbocycles. The molecule has 1 atom stereocenters. The van der Waals surface area contributed by atoms with E-state index in [9.17, 15) is 9.18 Å². The first-order valence-electron chi connectivity index (χ1n) is 5.98. The standard InChI is InChI=1S/C14H15FN2OS2/c1-17(13(19-2)12-8-5-9-20-12)14(18)16-11-7-4-3-6-10(11)15/h3-9,13H,1-2H3,(H,16,18). The largest absolute Gasteiger partial charge is 0.322 e. The Kier molecular flexibility index (Phi) is 5.03. The van der Waals surface area contributed by atoms with Gasteiger partial charge in [0.1, 0.15) is 11.2 Å². The predicted octanol–water partition coefficient (Wildman–Crippen LogP) is 4.41. The summed E-state index contributed by atoms with van der Waals surface area (Å²) >= 11 is 3.15. The van der Waals surface area contributed by atoms with E-state index < -0.39 is 5.82 Å². The third kappa shape index (κ3) is 3.32. The van der Waals surface area contributed by atoms with Gasteiger partial charge < -0.3 is 10.2 Å². The lowest BCUT2D eigenvalue weighted by Gasteiger charge is -2.26. The maximum Gasteiger partial charge on any atom is 0.322 e. The van der Waals surface area contributed by atoms with E-state index in [1.54, 1.807) is 53.2 Å².